The van der Waals surface area contributed by atoms with Crippen LogP contribution in [-0.2, 0) is 5.41 Å². The number of likely N-dealkylation sites (N-methyl/N-ethyl adjacent to an activating group) is 1. The molecule has 1 aromatic carbocycles. The fourth-order valence-corrected chi connectivity index (χ4v) is 4.59. The molecular formula is C17H24ClN. The van der Waals surface area contributed by atoms with E-state index in [-0.39, 0.29) is 0 Å². The number of rotatable bonds is 4. The molecule has 0 unspecified atom stereocenters. The quantitative estimate of drug-likeness (QED) is 0.852. The molecule has 1 aromatic rings. The second kappa shape index (κ2) is 5.10. The Morgan fingerprint density at radius 3 is 2.32 bits per heavy atom. The summed E-state index contributed by atoms with van der Waals surface area (Å²) in [7, 11) is 0. The van der Waals surface area contributed by atoms with Gasteiger partial charge in [0.2, 0.25) is 0 Å². The predicted molar refractivity (Wildman–Crippen MR) is 81.8 cm³/mol. The van der Waals surface area contributed by atoms with Crippen LogP contribution in [0.2, 0.25) is 5.02 Å². The van der Waals surface area contributed by atoms with Crippen LogP contribution in [0.15, 0.2) is 24.3 Å². The number of hydrogen-bond donors (Lipinski definition) is 1. The first kappa shape index (κ1) is 13.5. The average Bonchev–Trinajstić information content (AvgIpc) is 2.85. The molecule has 104 valence electrons. The zero-order valence-corrected chi connectivity index (χ0v) is 12.6. The first-order valence-corrected chi connectivity index (χ1v) is 8.03. The molecule has 0 heterocycles. The Labute approximate surface area is 121 Å². The van der Waals surface area contributed by atoms with E-state index in [0.29, 0.717) is 10.8 Å². The minimum absolute atomic E-state index is 0.366. The van der Waals surface area contributed by atoms with Gasteiger partial charge in [-0.05, 0) is 55.3 Å². The van der Waals surface area contributed by atoms with Crippen molar-refractivity contribution in [3.8, 4) is 0 Å². The van der Waals surface area contributed by atoms with Gasteiger partial charge >= 0.3 is 0 Å². The summed E-state index contributed by atoms with van der Waals surface area (Å²) >= 11 is 6.03. The van der Waals surface area contributed by atoms with Gasteiger partial charge in [-0.2, -0.15) is 0 Å². The van der Waals surface area contributed by atoms with Gasteiger partial charge in [-0.3, -0.25) is 0 Å². The van der Waals surface area contributed by atoms with E-state index in [4.69, 9.17) is 11.6 Å². The van der Waals surface area contributed by atoms with Crippen molar-refractivity contribution in [2.75, 3.05) is 13.1 Å². The average molecular weight is 278 g/mol. The summed E-state index contributed by atoms with van der Waals surface area (Å²) in [5, 5.41) is 4.42. The van der Waals surface area contributed by atoms with E-state index in [9.17, 15) is 0 Å². The van der Waals surface area contributed by atoms with E-state index in [1.807, 2.05) is 12.1 Å². The lowest BCUT2D eigenvalue weighted by Gasteiger charge is -2.56. The molecule has 2 aliphatic rings. The third-order valence-electron chi connectivity index (χ3n) is 5.26. The van der Waals surface area contributed by atoms with Crippen LogP contribution in [0.5, 0.6) is 0 Å². The first-order chi connectivity index (χ1) is 9.18. The van der Waals surface area contributed by atoms with Crippen LogP contribution < -0.4 is 5.32 Å². The molecule has 0 atom stereocenters. The maximum atomic E-state index is 6.03. The SMILES string of the molecule is CCNCC1(c2ccc(Cl)cc2)CC2(CCCC2)C1. The third kappa shape index (κ3) is 2.43. The van der Waals surface area contributed by atoms with Crippen molar-refractivity contribution in [1.82, 2.24) is 5.32 Å². The van der Waals surface area contributed by atoms with Crippen LogP contribution in [0.4, 0.5) is 0 Å². The van der Waals surface area contributed by atoms with Gasteiger partial charge in [0, 0.05) is 17.0 Å². The second-order valence-corrected chi connectivity index (χ2v) is 7.06. The molecule has 0 aromatic heterocycles. The van der Waals surface area contributed by atoms with E-state index in [1.165, 1.54) is 44.1 Å². The number of nitrogens with one attached hydrogen (secondary N) is 1. The molecule has 0 amide bonds. The van der Waals surface area contributed by atoms with Gasteiger partial charge in [-0.15, -0.1) is 0 Å². The lowest BCUT2D eigenvalue weighted by molar-refractivity contribution is 0.0273. The van der Waals surface area contributed by atoms with E-state index >= 15 is 0 Å². The zero-order chi connectivity index (χ0) is 13.3. The normalized spacial score (nSPS) is 23.5. The molecule has 1 spiro atoms. The Bertz CT molecular complexity index is 423. The van der Waals surface area contributed by atoms with E-state index in [1.54, 1.807) is 0 Å². The van der Waals surface area contributed by atoms with Crippen LogP contribution in [0.1, 0.15) is 51.0 Å². The second-order valence-electron chi connectivity index (χ2n) is 6.63. The summed E-state index contributed by atoms with van der Waals surface area (Å²) in [5.41, 5.74) is 2.52. The Hall–Kier alpha value is -0.530. The van der Waals surface area contributed by atoms with Crippen molar-refractivity contribution < 1.29 is 0 Å². The van der Waals surface area contributed by atoms with Crippen LogP contribution in [0.25, 0.3) is 0 Å². The van der Waals surface area contributed by atoms with Crippen molar-refractivity contribution in [2.45, 2.75) is 50.9 Å². The molecule has 1 nitrogen and oxygen atoms in total. The minimum atomic E-state index is 0.366. The highest BCUT2D eigenvalue weighted by atomic mass is 35.5. The third-order valence-corrected chi connectivity index (χ3v) is 5.51. The standard InChI is InChI=1S/C17H24ClN/c1-2-19-13-17(14-5-7-15(18)8-6-14)11-16(12-17)9-3-4-10-16/h5-8,19H,2-4,9-13H2,1H3. The van der Waals surface area contributed by atoms with Gasteiger partial charge in [0.1, 0.15) is 0 Å². The molecule has 2 heteroatoms. The molecule has 19 heavy (non-hydrogen) atoms. The Balaban J connectivity index is 1.80. The molecule has 0 aliphatic heterocycles. The molecular weight excluding hydrogens is 254 g/mol. The summed E-state index contributed by atoms with van der Waals surface area (Å²) in [6.45, 7) is 4.37. The zero-order valence-electron chi connectivity index (χ0n) is 11.8. The van der Waals surface area contributed by atoms with Crippen LogP contribution in [-0.4, -0.2) is 13.1 Å². The largest absolute Gasteiger partial charge is 0.316 e. The lowest BCUT2D eigenvalue weighted by Crippen LogP contribution is -2.53. The number of halogens is 1. The molecule has 0 saturated heterocycles. The van der Waals surface area contributed by atoms with Crippen molar-refractivity contribution >= 4 is 11.6 Å². The molecule has 0 radical (unpaired) electrons. The van der Waals surface area contributed by atoms with E-state index in [0.717, 1.165) is 18.1 Å². The summed E-state index contributed by atoms with van der Waals surface area (Å²) < 4.78 is 0. The van der Waals surface area contributed by atoms with Crippen LogP contribution in [0.3, 0.4) is 0 Å². The van der Waals surface area contributed by atoms with Gasteiger partial charge in [-0.25, -0.2) is 0 Å². The lowest BCUT2D eigenvalue weighted by atomic mass is 9.49. The molecule has 1 N–H and O–H groups in total. The maximum Gasteiger partial charge on any atom is 0.0406 e. The molecule has 2 fully saturated rings. The van der Waals surface area contributed by atoms with Gasteiger partial charge in [-0.1, -0.05) is 43.5 Å². The maximum absolute atomic E-state index is 6.03. The Morgan fingerprint density at radius 1 is 1.11 bits per heavy atom. The van der Waals surface area contributed by atoms with Crippen LogP contribution >= 0.6 is 11.6 Å². The molecule has 0 bridgehead atoms. The predicted octanol–water partition coefficient (Wildman–Crippen LogP) is 4.54. The van der Waals surface area contributed by atoms with Gasteiger partial charge < -0.3 is 5.32 Å². The van der Waals surface area contributed by atoms with Crippen LogP contribution in [0, 0.1) is 5.41 Å². The van der Waals surface area contributed by atoms with Crippen molar-refractivity contribution in [1.29, 1.82) is 0 Å². The Morgan fingerprint density at radius 2 is 1.74 bits per heavy atom. The van der Waals surface area contributed by atoms with Crippen molar-refractivity contribution in [2.24, 2.45) is 5.41 Å². The molecule has 2 saturated carbocycles. The number of hydrogen-bond acceptors (Lipinski definition) is 1. The summed E-state index contributed by atoms with van der Waals surface area (Å²) in [6, 6.07) is 8.57. The van der Waals surface area contributed by atoms with E-state index in [2.05, 4.69) is 24.4 Å². The number of benzene rings is 1. The first-order valence-electron chi connectivity index (χ1n) is 7.65. The summed E-state index contributed by atoms with van der Waals surface area (Å²) in [5.74, 6) is 0. The topological polar surface area (TPSA) is 12.0 Å². The monoisotopic (exact) mass is 277 g/mol. The molecule has 2 aliphatic carbocycles. The highest BCUT2D eigenvalue weighted by Gasteiger charge is 2.55. The highest BCUT2D eigenvalue weighted by molar-refractivity contribution is 6.30. The Kier molecular flexibility index (Phi) is 3.61. The summed E-state index contributed by atoms with van der Waals surface area (Å²) in [6.07, 6.45) is 8.53. The minimum Gasteiger partial charge on any atom is -0.316 e. The smallest absolute Gasteiger partial charge is 0.0406 e. The summed E-state index contributed by atoms with van der Waals surface area (Å²) in [4.78, 5) is 0. The fourth-order valence-electron chi connectivity index (χ4n) is 4.46. The van der Waals surface area contributed by atoms with Crippen molar-refractivity contribution in [3.63, 3.8) is 0 Å². The molecule has 3 rings (SSSR count). The van der Waals surface area contributed by atoms with Gasteiger partial charge in [0.25, 0.3) is 0 Å². The van der Waals surface area contributed by atoms with E-state index < -0.39 is 0 Å². The van der Waals surface area contributed by atoms with Gasteiger partial charge in [0.15, 0.2) is 0 Å². The van der Waals surface area contributed by atoms with Gasteiger partial charge in [0.05, 0.1) is 0 Å². The fraction of sp³-hybridized carbons (Fsp3) is 0.647. The van der Waals surface area contributed by atoms with Crippen molar-refractivity contribution in [3.05, 3.63) is 34.9 Å². The highest BCUT2D eigenvalue weighted by Crippen LogP contribution is 2.62.